The monoisotopic (exact) mass is 285 g/mol. The fraction of sp³-hybridized carbons (Fsp3) is 0.545. The van der Waals surface area contributed by atoms with Crippen molar-refractivity contribution in [3.05, 3.63) is 18.3 Å². The van der Waals surface area contributed by atoms with Gasteiger partial charge in [0.05, 0.1) is 0 Å². The lowest BCUT2D eigenvalue weighted by atomic mass is 10.4. The molecule has 0 bridgehead atoms. The first kappa shape index (κ1) is 14.2. The summed E-state index contributed by atoms with van der Waals surface area (Å²) in [6.07, 6.45) is 2.33. The maximum Gasteiger partial charge on any atom is 0.246 e. The van der Waals surface area contributed by atoms with Crippen molar-refractivity contribution in [3.8, 4) is 0 Å². The molecule has 0 radical (unpaired) electrons. The summed E-state index contributed by atoms with van der Waals surface area (Å²) < 4.78 is 26.7. The molecule has 0 unspecified atom stereocenters. The average molecular weight is 285 g/mol. The molecule has 0 aromatic carbocycles. The molecule has 106 valence electrons. The number of nitrogens with zero attached hydrogens (tertiary/aromatic N) is 3. The van der Waals surface area contributed by atoms with Gasteiger partial charge in [-0.05, 0) is 32.1 Å². The smallest absolute Gasteiger partial charge is 0.246 e. The van der Waals surface area contributed by atoms with E-state index in [0.29, 0.717) is 13.1 Å². The van der Waals surface area contributed by atoms with E-state index in [2.05, 4.69) is 15.3 Å². The van der Waals surface area contributed by atoms with Gasteiger partial charge in [0.25, 0.3) is 0 Å². The number of likely N-dealkylation sites (N-methyl/N-ethyl adjacent to an activating group) is 1. The summed E-state index contributed by atoms with van der Waals surface area (Å²) >= 11 is 0. The zero-order valence-electron chi connectivity index (χ0n) is 10.9. The second-order valence-electron chi connectivity index (χ2n) is 4.56. The minimum Gasteiger partial charge on any atom is -0.307 e. The number of hydrogen-bond donors (Lipinski definition) is 2. The number of anilines is 1. The highest BCUT2D eigenvalue weighted by Crippen LogP contribution is 2.22. The summed E-state index contributed by atoms with van der Waals surface area (Å²) in [4.78, 5) is 6.20. The van der Waals surface area contributed by atoms with E-state index in [-0.39, 0.29) is 10.7 Å². The number of hydrazine groups is 1. The maximum atomic E-state index is 12.6. The first-order chi connectivity index (χ1) is 9.05. The number of rotatable bonds is 3. The van der Waals surface area contributed by atoms with Crippen LogP contribution in [0, 0.1) is 0 Å². The van der Waals surface area contributed by atoms with Crippen LogP contribution in [0.4, 0.5) is 5.82 Å². The minimum absolute atomic E-state index is 0.127. The van der Waals surface area contributed by atoms with Gasteiger partial charge in [-0.3, -0.25) is 0 Å². The number of pyridine rings is 1. The fourth-order valence-electron chi connectivity index (χ4n) is 2.11. The second-order valence-corrected chi connectivity index (χ2v) is 6.46. The van der Waals surface area contributed by atoms with E-state index in [1.54, 1.807) is 6.07 Å². The van der Waals surface area contributed by atoms with Crippen LogP contribution in [-0.4, -0.2) is 55.8 Å². The van der Waals surface area contributed by atoms with Gasteiger partial charge in [-0.2, -0.15) is 4.31 Å². The van der Waals surface area contributed by atoms with Gasteiger partial charge in [0.1, 0.15) is 4.90 Å². The van der Waals surface area contributed by atoms with E-state index >= 15 is 0 Å². The molecule has 0 atom stereocenters. The Morgan fingerprint density at radius 1 is 1.32 bits per heavy atom. The van der Waals surface area contributed by atoms with Crippen molar-refractivity contribution in [2.24, 2.45) is 5.84 Å². The highest BCUT2D eigenvalue weighted by Gasteiger charge is 2.28. The highest BCUT2D eigenvalue weighted by molar-refractivity contribution is 7.89. The first-order valence-electron chi connectivity index (χ1n) is 6.16. The van der Waals surface area contributed by atoms with Crippen LogP contribution in [0.5, 0.6) is 0 Å². The van der Waals surface area contributed by atoms with Crippen LogP contribution in [-0.2, 0) is 10.0 Å². The van der Waals surface area contributed by atoms with E-state index in [4.69, 9.17) is 5.84 Å². The fourth-order valence-corrected chi connectivity index (χ4v) is 3.69. The van der Waals surface area contributed by atoms with Crippen LogP contribution < -0.4 is 11.3 Å². The summed E-state index contributed by atoms with van der Waals surface area (Å²) in [5.74, 6) is 5.51. The predicted molar refractivity (Wildman–Crippen MR) is 72.9 cm³/mol. The molecular weight excluding hydrogens is 266 g/mol. The average Bonchev–Trinajstić information content (AvgIpc) is 2.64. The Morgan fingerprint density at radius 3 is 2.84 bits per heavy atom. The first-order valence-corrected chi connectivity index (χ1v) is 7.60. The van der Waals surface area contributed by atoms with Gasteiger partial charge in [0.15, 0.2) is 5.82 Å². The number of aromatic nitrogens is 1. The van der Waals surface area contributed by atoms with Crippen molar-refractivity contribution >= 4 is 15.8 Å². The van der Waals surface area contributed by atoms with Crippen molar-refractivity contribution in [1.82, 2.24) is 14.2 Å². The van der Waals surface area contributed by atoms with Crippen molar-refractivity contribution in [3.63, 3.8) is 0 Å². The van der Waals surface area contributed by atoms with Gasteiger partial charge < -0.3 is 10.3 Å². The molecule has 19 heavy (non-hydrogen) atoms. The van der Waals surface area contributed by atoms with Gasteiger partial charge in [0, 0.05) is 25.8 Å². The zero-order chi connectivity index (χ0) is 13.9. The normalized spacial score (nSPS) is 19.1. The predicted octanol–water partition coefficient (Wildman–Crippen LogP) is -0.307. The number of nitrogens with two attached hydrogens (primary N) is 1. The van der Waals surface area contributed by atoms with Crippen LogP contribution >= 0.6 is 0 Å². The highest BCUT2D eigenvalue weighted by atomic mass is 32.2. The number of sulfonamides is 1. The quantitative estimate of drug-likeness (QED) is 0.585. The Labute approximate surface area is 113 Å². The molecule has 8 heteroatoms. The van der Waals surface area contributed by atoms with Crippen molar-refractivity contribution in [2.75, 3.05) is 38.7 Å². The molecule has 0 saturated carbocycles. The van der Waals surface area contributed by atoms with Crippen LogP contribution in [0.3, 0.4) is 0 Å². The second kappa shape index (κ2) is 5.83. The molecule has 0 aliphatic carbocycles. The summed E-state index contributed by atoms with van der Waals surface area (Å²) in [5.41, 5.74) is 2.34. The lowest BCUT2D eigenvalue weighted by Gasteiger charge is -2.21. The topological polar surface area (TPSA) is 91.6 Å². The Bertz CT molecular complexity index is 534. The molecule has 7 nitrogen and oxygen atoms in total. The van der Waals surface area contributed by atoms with Gasteiger partial charge in [-0.15, -0.1) is 0 Å². The number of nitrogens with one attached hydrogen (secondary N) is 1. The molecule has 2 heterocycles. The standard InChI is InChI=1S/C11H19N5O2S/c1-15-6-3-7-16(9-8-15)19(17,18)10-4-2-5-13-11(10)14-12/h2,4-5H,3,6-9,12H2,1H3,(H,13,14). The third-order valence-electron chi connectivity index (χ3n) is 3.20. The maximum absolute atomic E-state index is 12.6. The van der Waals surface area contributed by atoms with E-state index in [0.717, 1.165) is 19.5 Å². The minimum atomic E-state index is -3.55. The van der Waals surface area contributed by atoms with E-state index in [9.17, 15) is 8.42 Å². The molecule has 0 spiro atoms. The molecule has 1 aromatic rings. The SMILES string of the molecule is CN1CCCN(S(=O)(=O)c2cccnc2NN)CC1. The number of nitrogen functional groups attached to an aromatic ring is 1. The van der Waals surface area contributed by atoms with Crippen molar-refractivity contribution in [2.45, 2.75) is 11.3 Å². The van der Waals surface area contributed by atoms with Crippen LogP contribution in [0.25, 0.3) is 0 Å². The zero-order valence-corrected chi connectivity index (χ0v) is 11.7. The van der Waals surface area contributed by atoms with E-state index in [1.807, 2.05) is 7.05 Å². The van der Waals surface area contributed by atoms with Gasteiger partial charge >= 0.3 is 0 Å². The summed E-state index contributed by atoms with van der Waals surface area (Å²) in [6, 6.07) is 3.11. The van der Waals surface area contributed by atoms with Crippen LogP contribution in [0.15, 0.2) is 23.2 Å². The van der Waals surface area contributed by atoms with E-state index < -0.39 is 10.0 Å². The Hall–Kier alpha value is -1.22. The molecule has 1 saturated heterocycles. The van der Waals surface area contributed by atoms with Crippen molar-refractivity contribution < 1.29 is 8.42 Å². The molecule has 1 aliphatic heterocycles. The number of hydrogen-bond acceptors (Lipinski definition) is 6. The van der Waals surface area contributed by atoms with Crippen LogP contribution in [0.1, 0.15) is 6.42 Å². The summed E-state index contributed by atoms with van der Waals surface area (Å²) in [5, 5.41) is 0. The largest absolute Gasteiger partial charge is 0.307 e. The molecule has 1 fully saturated rings. The van der Waals surface area contributed by atoms with Crippen molar-refractivity contribution in [1.29, 1.82) is 0 Å². The molecule has 2 rings (SSSR count). The molecule has 1 aromatic heterocycles. The lowest BCUT2D eigenvalue weighted by molar-refractivity contribution is 0.347. The van der Waals surface area contributed by atoms with Gasteiger partial charge in [-0.1, -0.05) is 0 Å². The third kappa shape index (κ3) is 3.03. The Kier molecular flexibility index (Phi) is 4.35. The third-order valence-corrected chi connectivity index (χ3v) is 5.13. The summed E-state index contributed by atoms with van der Waals surface area (Å²) in [7, 11) is -1.56. The summed E-state index contributed by atoms with van der Waals surface area (Å²) in [6.45, 7) is 2.63. The molecule has 1 aliphatic rings. The molecule has 0 amide bonds. The van der Waals surface area contributed by atoms with E-state index in [1.165, 1.54) is 16.6 Å². The lowest BCUT2D eigenvalue weighted by Crippen LogP contribution is -2.35. The molecular formula is C11H19N5O2S. The van der Waals surface area contributed by atoms with Gasteiger partial charge in [-0.25, -0.2) is 19.2 Å². The van der Waals surface area contributed by atoms with Gasteiger partial charge in [0.2, 0.25) is 10.0 Å². The Morgan fingerprint density at radius 2 is 2.11 bits per heavy atom. The van der Waals surface area contributed by atoms with Crippen LogP contribution in [0.2, 0.25) is 0 Å². The Balaban J connectivity index is 2.31. The molecule has 3 N–H and O–H groups in total.